The van der Waals surface area contributed by atoms with Gasteiger partial charge in [0.05, 0.1) is 6.61 Å². The van der Waals surface area contributed by atoms with Crippen molar-refractivity contribution in [2.75, 3.05) is 13.7 Å². The largest absolute Gasteiger partial charge is 0.394 e. The molecule has 6 atom stereocenters. The number of hydrazone groups is 1. The second kappa shape index (κ2) is 6.02. The minimum absolute atomic E-state index is 0.407. The lowest BCUT2D eigenvalue weighted by molar-refractivity contribution is -0.140. The van der Waals surface area contributed by atoms with Crippen molar-refractivity contribution in [3.05, 3.63) is 0 Å². The fourth-order valence-corrected chi connectivity index (χ4v) is 5.09. The summed E-state index contributed by atoms with van der Waals surface area (Å²) in [6, 6.07) is -2.08. The maximum absolute atomic E-state index is 12.8. The van der Waals surface area contributed by atoms with Gasteiger partial charge in [0, 0.05) is 12.4 Å². The van der Waals surface area contributed by atoms with Gasteiger partial charge in [-0.15, -0.1) is 0 Å². The quantitative estimate of drug-likeness (QED) is 0.417. The van der Waals surface area contributed by atoms with E-state index < -0.39 is 63.2 Å². The van der Waals surface area contributed by atoms with Gasteiger partial charge in [0.2, 0.25) is 0 Å². The maximum Gasteiger partial charge on any atom is 0.329 e. The molecule has 0 aliphatic carbocycles. The van der Waals surface area contributed by atoms with Crippen LogP contribution in [0.4, 0.5) is 4.79 Å². The summed E-state index contributed by atoms with van der Waals surface area (Å²) in [5, 5.41) is 34.7. The monoisotopic (exact) mass is 372 g/mol. The number of imide groups is 1. The number of nitrogens with one attached hydrogen (secondary N) is 1. The molecule has 10 nitrogen and oxygen atoms in total. The molecule has 3 aliphatic heterocycles. The van der Waals surface area contributed by atoms with E-state index >= 15 is 0 Å². The van der Waals surface area contributed by atoms with Crippen LogP contribution in [0.3, 0.4) is 0 Å². The number of aliphatic hydroxyl groups is 3. The summed E-state index contributed by atoms with van der Waals surface area (Å²) in [6.45, 7) is 5.63. The SMILES string of the molecule is CN1C(=O)C2NN=C([Si](C)(C)C)C2N([C@@H]2O[C@H](CO)[C@@H](O)[C@H]2O)C1=O. The fourth-order valence-electron chi connectivity index (χ4n) is 3.50. The summed E-state index contributed by atoms with van der Waals surface area (Å²) in [4.78, 5) is 27.5. The van der Waals surface area contributed by atoms with Gasteiger partial charge in [-0.3, -0.25) is 20.0 Å². The van der Waals surface area contributed by atoms with Crippen LogP contribution >= 0.6 is 0 Å². The molecular formula is C14H24N4O6Si. The maximum atomic E-state index is 12.8. The van der Waals surface area contributed by atoms with Gasteiger partial charge in [-0.05, 0) is 0 Å². The third kappa shape index (κ3) is 2.66. The lowest BCUT2D eigenvalue weighted by Gasteiger charge is -2.45. The van der Waals surface area contributed by atoms with Crippen molar-refractivity contribution < 1.29 is 29.6 Å². The summed E-state index contributed by atoms with van der Waals surface area (Å²) < 4.78 is 5.55. The topological polar surface area (TPSA) is 135 Å². The number of aliphatic hydroxyl groups excluding tert-OH is 3. The van der Waals surface area contributed by atoms with Gasteiger partial charge in [0.25, 0.3) is 5.91 Å². The molecule has 2 fully saturated rings. The van der Waals surface area contributed by atoms with E-state index in [-0.39, 0.29) is 0 Å². The Morgan fingerprint density at radius 2 is 1.88 bits per heavy atom. The van der Waals surface area contributed by atoms with E-state index in [9.17, 15) is 24.9 Å². The van der Waals surface area contributed by atoms with E-state index in [1.807, 2.05) is 19.6 Å². The van der Waals surface area contributed by atoms with Crippen molar-refractivity contribution in [2.45, 2.75) is 56.3 Å². The molecule has 140 valence electrons. The van der Waals surface area contributed by atoms with Crippen molar-refractivity contribution in [1.82, 2.24) is 15.2 Å². The van der Waals surface area contributed by atoms with Crippen LogP contribution < -0.4 is 5.43 Å². The number of nitrogens with zero attached hydrogens (tertiary/aromatic N) is 3. The Kier molecular flexibility index (Phi) is 4.40. The molecule has 3 heterocycles. The molecule has 11 heteroatoms. The number of carbonyl (C=O) groups excluding carboxylic acids is 2. The summed E-state index contributed by atoms with van der Waals surface area (Å²) in [7, 11) is -0.646. The average molecular weight is 372 g/mol. The first-order valence-corrected chi connectivity index (χ1v) is 11.7. The number of hydrogen-bond donors (Lipinski definition) is 4. The first kappa shape index (κ1) is 18.3. The molecule has 0 aromatic heterocycles. The average Bonchev–Trinajstić information content (AvgIpc) is 3.10. The van der Waals surface area contributed by atoms with Gasteiger partial charge in [-0.25, -0.2) is 4.79 Å². The predicted octanol–water partition coefficient (Wildman–Crippen LogP) is -2.11. The Morgan fingerprint density at radius 1 is 1.24 bits per heavy atom. The second-order valence-electron chi connectivity index (χ2n) is 7.61. The summed E-state index contributed by atoms with van der Waals surface area (Å²) in [6.07, 6.45) is -4.90. The molecule has 0 spiro atoms. The van der Waals surface area contributed by atoms with Crippen LogP contribution in [-0.4, -0.2) is 101 Å². The summed E-state index contributed by atoms with van der Waals surface area (Å²) in [5.74, 6) is -0.407. The van der Waals surface area contributed by atoms with Crippen LogP contribution in [0.15, 0.2) is 5.10 Å². The van der Waals surface area contributed by atoms with E-state index in [1.165, 1.54) is 11.9 Å². The number of urea groups is 1. The van der Waals surface area contributed by atoms with E-state index in [1.54, 1.807) is 0 Å². The highest BCUT2D eigenvalue weighted by Crippen LogP contribution is 2.33. The van der Waals surface area contributed by atoms with Gasteiger partial charge in [-0.1, -0.05) is 19.6 Å². The Hall–Kier alpha value is -1.53. The van der Waals surface area contributed by atoms with E-state index in [4.69, 9.17) is 4.74 Å². The normalized spacial score (nSPS) is 38.8. The van der Waals surface area contributed by atoms with Crippen molar-refractivity contribution >= 4 is 25.3 Å². The molecular weight excluding hydrogens is 348 g/mol. The first-order chi connectivity index (χ1) is 11.6. The Morgan fingerprint density at radius 3 is 2.40 bits per heavy atom. The highest BCUT2D eigenvalue weighted by Gasteiger charge is 2.58. The molecule has 3 aliphatic rings. The second-order valence-corrected chi connectivity index (χ2v) is 12.6. The molecule has 25 heavy (non-hydrogen) atoms. The van der Waals surface area contributed by atoms with Gasteiger partial charge < -0.3 is 20.1 Å². The van der Waals surface area contributed by atoms with Crippen molar-refractivity contribution in [1.29, 1.82) is 0 Å². The predicted molar refractivity (Wildman–Crippen MR) is 89.3 cm³/mol. The molecule has 3 amide bonds. The molecule has 0 saturated carbocycles. The number of likely N-dealkylation sites (N-methyl/N-ethyl adjacent to an activating group) is 1. The third-order valence-corrected chi connectivity index (χ3v) is 6.83. The highest BCUT2D eigenvalue weighted by atomic mass is 28.3. The molecule has 2 saturated heterocycles. The zero-order valence-corrected chi connectivity index (χ0v) is 15.6. The number of rotatable bonds is 3. The van der Waals surface area contributed by atoms with Crippen molar-refractivity contribution in [3.8, 4) is 0 Å². The number of hydrogen-bond acceptors (Lipinski definition) is 8. The molecule has 0 bridgehead atoms. The first-order valence-electron chi connectivity index (χ1n) is 8.15. The highest BCUT2D eigenvalue weighted by molar-refractivity contribution is 7.05. The minimum Gasteiger partial charge on any atom is -0.394 e. The van der Waals surface area contributed by atoms with Crippen molar-refractivity contribution in [3.63, 3.8) is 0 Å². The van der Waals surface area contributed by atoms with Crippen molar-refractivity contribution in [2.24, 2.45) is 5.10 Å². The standard InChI is InChI=1S/C14H24N4O6Si/c1-17-12(22)7-8(11(16-15-7)25(2,3)4)18(14(17)23)13-10(21)9(20)6(5-19)24-13/h6-10,13,15,19-21H,5H2,1-4H3/t6-,7?,8?,9-,10-,13-/m1/s1. The Bertz CT molecular complexity index is 623. The summed E-state index contributed by atoms with van der Waals surface area (Å²) in [5.41, 5.74) is 2.81. The zero-order valence-electron chi connectivity index (χ0n) is 14.6. The molecule has 2 unspecified atom stereocenters. The summed E-state index contributed by atoms with van der Waals surface area (Å²) >= 11 is 0. The van der Waals surface area contributed by atoms with Crippen LogP contribution in [0.25, 0.3) is 0 Å². The number of amides is 3. The molecule has 3 rings (SSSR count). The van der Waals surface area contributed by atoms with Crippen LogP contribution in [-0.2, 0) is 9.53 Å². The lowest BCUT2D eigenvalue weighted by atomic mass is 10.0. The minimum atomic E-state index is -2.00. The van der Waals surface area contributed by atoms with Crippen LogP contribution in [0.5, 0.6) is 0 Å². The number of carbonyl (C=O) groups is 2. The van der Waals surface area contributed by atoms with E-state index in [2.05, 4.69) is 10.5 Å². The fraction of sp³-hybridized carbons (Fsp3) is 0.786. The van der Waals surface area contributed by atoms with Gasteiger partial charge in [-0.2, -0.15) is 5.10 Å². The number of ether oxygens (including phenoxy) is 1. The van der Waals surface area contributed by atoms with E-state index in [0.717, 1.165) is 4.90 Å². The molecule has 0 radical (unpaired) electrons. The smallest absolute Gasteiger partial charge is 0.329 e. The molecule has 0 aromatic carbocycles. The third-order valence-electron chi connectivity index (χ3n) is 4.88. The van der Waals surface area contributed by atoms with Crippen LogP contribution in [0, 0.1) is 0 Å². The molecule has 4 N–H and O–H groups in total. The van der Waals surface area contributed by atoms with Crippen LogP contribution in [0.1, 0.15) is 0 Å². The van der Waals surface area contributed by atoms with Gasteiger partial charge in [0.1, 0.15) is 38.5 Å². The van der Waals surface area contributed by atoms with Crippen LogP contribution in [0.2, 0.25) is 19.6 Å². The van der Waals surface area contributed by atoms with E-state index in [0.29, 0.717) is 5.33 Å². The number of fused-ring (bicyclic) bond motifs is 1. The molecule has 0 aromatic rings. The van der Waals surface area contributed by atoms with Gasteiger partial charge >= 0.3 is 6.03 Å². The Labute approximate surface area is 146 Å². The van der Waals surface area contributed by atoms with Gasteiger partial charge in [0.15, 0.2) is 6.23 Å². The zero-order chi connectivity index (χ0) is 18.7. The lowest BCUT2D eigenvalue weighted by Crippen LogP contribution is -2.71. The Balaban J connectivity index is 2.02.